The lowest BCUT2D eigenvalue weighted by Crippen LogP contribution is -2.49. The van der Waals surface area contributed by atoms with E-state index in [9.17, 15) is 9.59 Å². The van der Waals surface area contributed by atoms with Crippen molar-refractivity contribution in [3.8, 4) is 11.3 Å². The number of ether oxygens (including phenoxy) is 2. The Labute approximate surface area is 250 Å². The van der Waals surface area contributed by atoms with Crippen LogP contribution in [-0.2, 0) is 16.0 Å². The van der Waals surface area contributed by atoms with E-state index in [1.54, 1.807) is 29.4 Å². The number of carbonyl (C=O) groups excluding carboxylic acids is 2. The summed E-state index contributed by atoms with van der Waals surface area (Å²) in [5, 5.41) is 8.42. The van der Waals surface area contributed by atoms with Crippen LogP contribution in [0, 0.1) is 0 Å². The number of nitrogens with zero attached hydrogens (tertiary/aromatic N) is 5. The van der Waals surface area contributed by atoms with Gasteiger partial charge in [-0.1, -0.05) is 0 Å². The summed E-state index contributed by atoms with van der Waals surface area (Å²) in [6.07, 6.45) is 5.71. The lowest BCUT2D eigenvalue weighted by atomic mass is 10.1. The molecule has 0 spiro atoms. The molecule has 5 heterocycles. The van der Waals surface area contributed by atoms with Crippen molar-refractivity contribution in [3.63, 3.8) is 0 Å². The molecule has 0 radical (unpaired) electrons. The predicted molar refractivity (Wildman–Crippen MR) is 162 cm³/mol. The molecule has 3 aromatic heterocycles. The number of aromatic nitrogens is 3. The van der Waals surface area contributed by atoms with Crippen molar-refractivity contribution in [2.75, 3.05) is 38.1 Å². The maximum Gasteiger partial charge on any atom is 0.410 e. The van der Waals surface area contributed by atoms with E-state index in [2.05, 4.69) is 15.2 Å². The number of carbonyl (C=O) groups is 2. The van der Waals surface area contributed by atoms with Crippen molar-refractivity contribution in [2.24, 2.45) is 0 Å². The van der Waals surface area contributed by atoms with Gasteiger partial charge in [0.1, 0.15) is 17.1 Å². The minimum absolute atomic E-state index is 0.212. The molecule has 6 rings (SSSR count). The zero-order chi connectivity index (χ0) is 30.0. The second kappa shape index (κ2) is 12.2. The fourth-order valence-corrected chi connectivity index (χ4v) is 5.48. The van der Waals surface area contributed by atoms with E-state index in [4.69, 9.17) is 19.0 Å². The maximum absolute atomic E-state index is 13.4. The molecule has 11 nitrogen and oxygen atoms in total. The van der Waals surface area contributed by atoms with Crippen LogP contribution in [0.1, 0.15) is 62.5 Å². The first-order chi connectivity index (χ1) is 20.7. The van der Waals surface area contributed by atoms with E-state index in [-0.39, 0.29) is 18.2 Å². The number of hydrogen-bond acceptors (Lipinski definition) is 8. The highest BCUT2D eigenvalue weighted by Crippen LogP contribution is 2.32. The number of anilines is 1. The summed E-state index contributed by atoms with van der Waals surface area (Å²) in [6.45, 7) is 9.64. The average molecular weight is 587 g/mol. The molecule has 11 heteroatoms. The number of fused-ring (bicyclic) bond motifs is 1. The second-order valence-corrected chi connectivity index (χ2v) is 12.0. The first-order valence-electron chi connectivity index (χ1n) is 14.9. The summed E-state index contributed by atoms with van der Waals surface area (Å²) in [5.41, 5.74) is 2.17. The van der Waals surface area contributed by atoms with Gasteiger partial charge in [0.2, 0.25) is 0 Å². The maximum atomic E-state index is 13.4. The molecule has 0 bridgehead atoms. The summed E-state index contributed by atoms with van der Waals surface area (Å²) in [5.74, 6) is 1.25. The highest BCUT2D eigenvalue weighted by Gasteiger charge is 2.27. The molecule has 43 heavy (non-hydrogen) atoms. The van der Waals surface area contributed by atoms with Gasteiger partial charge in [0.15, 0.2) is 11.9 Å². The van der Waals surface area contributed by atoms with Gasteiger partial charge in [-0.25, -0.2) is 9.48 Å². The van der Waals surface area contributed by atoms with Crippen LogP contribution in [0.25, 0.3) is 22.2 Å². The van der Waals surface area contributed by atoms with E-state index in [0.29, 0.717) is 43.4 Å². The molecule has 4 aromatic rings. The molecule has 0 saturated carbocycles. The standard InChI is InChI=1S/C32H38N6O5/c1-32(2,3)43-31(40)37-17-15-36(16-18-37)21-24-8-10-27(42-24)22-7-9-26-25(20-22)29(30(39)34-23-11-13-33-14-12-23)35-38(26)28-6-4-5-19-41-28/h7-14,20,28H,4-6,15-19,21H2,1-3H3,(H,33,34,39). The molecule has 1 unspecified atom stereocenters. The third-order valence-electron chi connectivity index (χ3n) is 7.64. The molecule has 1 N–H and O–H groups in total. The van der Waals surface area contributed by atoms with Crippen molar-refractivity contribution in [1.29, 1.82) is 0 Å². The molecule has 1 aromatic carbocycles. The number of piperazine rings is 1. The number of benzene rings is 1. The van der Waals surface area contributed by atoms with E-state index in [1.165, 1.54) is 0 Å². The van der Waals surface area contributed by atoms with Crippen molar-refractivity contribution in [2.45, 2.75) is 58.4 Å². The number of amides is 2. The van der Waals surface area contributed by atoms with Crippen LogP contribution in [-0.4, -0.2) is 75.0 Å². The normalized spacial score (nSPS) is 18.1. The van der Waals surface area contributed by atoms with Gasteiger partial charge in [-0.05, 0) is 82.5 Å². The van der Waals surface area contributed by atoms with Crippen LogP contribution in [0.15, 0.2) is 59.3 Å². The predicted octanol–water partition coefficient (Wildman–Crippen LogP) is 5.70. The monoisotopic (exact) mass is 586 g/mol. The Morgan fingerprint density at radius 3 is 2.53 bits per heavy atom. The largest absolute Gasteiger partial charge is 0.460 e. The summed E-state index contributed by atoms with van der Waals surface area (Å²) in [6, 6.07) is 13.4. The van der Waals surface area contributed by atoms with Crippen molar-refractivity contribution in [3.05, 3.63) is 66.3 Å². The Bertz CT molecular complexity index is 1580. The summed E-state index contributed by atoms with van der Waals surface area (Å²) < 4.78 is 19.6. The first-order valence-corrected chi connectivity index (χ1v) is 14.9. The molecule has 2 aliphatic rings. The van der Waals surface area contributed by atoms with Gasteiger partial charge in [-0.3, -0.25) is 14.7 Å². The molecular weight excluding hydrogens is 548 g/mol. The van der Waals surface area contributed by atoms with Crippen LogP contribution >= 0.6 is 0 Å². The quantitative estimate of drug-likeness (QED) is 0.306. The number of rotatable bonds is 6. The van der Waals surface area contributed by atoms with Crippen LogP contribution in [0.3, 0.4) is 0 Å². The van der Waals surface area contributed by atoms with Gasteiger partial charge < -0.3 is 24.1 Å². The third-order valence-corrected chi connectivity index (χ3v) is 7.64. The minimum atomic E-state index is -0.506. The molecule has 2 fully saturated rings. The smallest absolute Gasteiger partial charge is 0.410 e. The van der Waals surface area contributed by atoms with Crippen LogP contribution < -0.4 is 5.32 Å². The van der Waals surface area contributed by atoms with E-state index < -0.39 is 5.60 Å². The Hall–Kier alpha value is -4.22. The molecule has 1 atom stereocenters. The number of furan rings is 1. The van der Waals surface area contributed by atoms with E-state index in [1.807, 2.05) is 55.8 Å². The summed E-state index contributed by atoms with van der Waals surface area (Å²) >= 11 is 0. The Balaban J connectivity index is 1.20. The molecule has 2 amide bonds. The van der Waals surface area contributed by atoms with Crippen LogP contribution in [0.2, 0.25) is 0 Å². The van der Waals surface area contributed by atoms with Crippen LogP contribution in [0.4, 0.5) is 10.5 Å². The van der Waals surface area contributed by atoms with Gasteiger partial charge in [-0.15, -0.1) is 0 Å². The zero-order valence-corrected chi connectivity index (χ0v) is 24.9. The van der Waals surface area contributed by atoms with Crippen LogP contribution in [0.5, 0.6) is 0 Å². The molecule has 226 valence electrons. The minimum Gasteiger partial charge on any atom is -0.460 e. The van der Waals surface area contributed by atoms with Crippen molar-refractivity contribution in [1.82, 2.24) is 24.6 Å². The lowest BCUT2D eigenvalue weighted by Gasteiger charge is -2.35. The van der Waals surface area contributed by atoms with Gasteiger partial charge in [0.05, 0.1) is 12.1 Å². The van der Waals surface area contributed by atoms with Gasteiger partial charge >= 0.3 is 6.09 Å². The fraction of sp³-hybridized carbons (Fsp3) is 0.438. The Kier molecular flexibility index (Phi) is 8.18. The Morgan fingerprint density at radius 2 is 1.81 bits per heavy atom. The number of pyridine rings is 1. The van der Waals surface area contributed by atoms with E-state index in [0.717, 1.165) is 54.6 Å². The second-order valence-electron chi connectivity index (χ2n) is 12.0. The van der Waals surface area contributed by atoms with Crippen molar-refractivity contribution < 1.29 is 23.5 Å². The molecule has 0 aliphatic carbocycles. The third kappa shape index (κ3) is 6.73. The highest BCUT2D eigenvalue weighted by atomic mass is 16.6. The topological polar surface area (TPSA) is 115 Å². The molecule has 2 saturated heterocycles. The lowest BCUT2D eigenvalue weighted by molar-refractivity contribution is -0.0367. The van der Waals surface area contributed by atoms with Gasteiger partial charge in [0, 0.05) is 61.8 Å². The highest BCUT2D eigenvalue weighted by molar-refractivity contribution is 6.11. The van der Waals surface area contributed by atoms with E-state index >= 15 is 0 Å². The molecule has 2 aliphatic heterocycles. The zero-order valence-electron chi connectivity index (χ0n) is 24.9. The molecular formula is C32H38N6O5. The number of hydrogen-bond donors (Lipinski definition) is 1. The first kappa shape index (κ1) is 28.9. The SMILES string of the molecule is CC(C)(C)OC(=O)N1CCN(Cc2ccc(-c3ccc4c(c3)c(C(=O)Nc3ccncc3)nn4C3CCCCO3)o2)CC1. The number of nitrogens with one attached hydrogen (secondary N) is 1. The summed E-state index contributed by atoms with van der Waals surface area (Å²) in [4.78, 5) is 33.9. The Morgan fingerprint density at radius 1 is 1.02 bits per heavy atom. The van der Waals surface area contributed by atoms with Crippen molar-refractivity contribution >= 4 is 28.6 Å². The summed E-state index contributed by atoms with van der Waals surface area (Å²) in [7, 11) is 0. The van der Waals surface area contributed by atoms with Gasteiger partial charge in [-0.2, -0.15) is 5.10 Å². The van der Waals surface area contributed by atoms with Gasteiger partial charge in [0.25, 0.3) is 5.91 Å². The fourth-order valence-electron chi connectivity index (χ4n) is 5.48. The average Bonchev–Trinajstić information content (AvgIpc) is 3.62.